The van der Waals surface area contributed by atoms with Crippen molar-refractivity contribution in [3.05, 3.63) is 71.3 Å². The number of carbonyl (C=O) groups is 1. The van der Waals surface area contributed by atoms with Crippen molar-refractivity contribution in [1.82, 2.24) is 9.62 Å². The fourth-order valence-electron chi connectivity index (χ4n) is 3.63. The van der Waals surface area contributed by atoms with E-state index in [4.69, 9.17) is 0 Å². The van der Waals surface area contributed by atoms with E-state index in [0.717, 1.165) is 29.8 Å². The van der Waals surface area contributed by atoms with Crippen molar-refractivity contribution in [2.75, 3.05) is 18.8 Å². The topological polar surface area (TPSA) is 66.5 Å². The van der Waals surface area contributed by atoms with Crippen molar-refractivity contribution in [2.45, 2.75) is 31.5 Å². The smallest absolute Gasteiger partial charge is 0.347 e. The molecular formula is C21H23F3N2O3S. The van der Waals surface area contributed by atoms with Crippen LogP contribution in [0.25, 0.3) is 0 Å². The van der Waals surface area contributed by atoms with Gasteiger partial charge in [0.05, 0.1) is 17.4 Å². The fraction of sp³-hybridized carbons (Fsp3) is 0.381. The fourth-order valence-corrected chi connectivity index (χ4v) is 5.18. The summed E-state index contributed by atoms with van der Waals surface area (Å²) >= 11 is 0. The quantitative estimate of drug-likeness (QED) is 0.746. The Morgan fingerprint density at radius 1 is 1.07 bits per heavy atom. The average Bonchev–Trinajstić information content (AvgIpc) is 3.13. The van der Waals surface area contributed by atoms with E-state index in [1.807, 2.05) is 30.3 Å². The third-order valence-electron chi connectivity index (χ3n) is 5.16. The molecule has 1 aliphatic heterocycles. The van der Waals surface area contributed by atoms with Crippen LogP contribution in [0.1, 0.15) is 40.7 Å². The third-order valence-corrected chi connectivity index (χ3v) is 7.17. The molecule has 1 fully saturated rings. The van der Waals surface area contributed by atoms with Crippen LogP contribution in [0.3, 0.4) is 0 Å². The van der Waals surface area contributed by atoms with Gasteiger partial charge in [0.2, 0.25) is 10.0 Å². The number of rotatable bonds is 6. The number of amides is 1. The molecule has 1 heterocycles. The van der Waals surface area contributed by atoms with E-state index in [2.05, 4.69) is 5.32 Å². The molecule has 1 aliphatic rings. The zero-order valence-corrected chi connectivity index (χ0v) is 17.2. The molecule has 1 N–H and O–H groups in total. The zero-order chi connectivity index (χ0) is 21.9. The van der Waals surface area contributed by atoms with Crippen molar-refractivity contribution < 1.29 is 26.4 Å². The molecule has 2 atom stereocenters. The number of nitrogens with zero attached hydrogens (tertiary/aromatic N) is 1. The molecule has 0 bridgehead atoms. The van der Waals surface area contributed by atoms with Crippen LogP contribution in [-0.2, 0) is 16.2 Å². The van der Waals surface area contributed by atoms with Crippen LogP contribution >= 0.6 is 0 Å². The lowest BCUT2D eigenvalue weighted by molar-refractivity contribution is -0.137. The molecule has 1 amide bonds. The van der Waals surface area contributed by atoms with Gasteiger partial charge in [-0.3, -0.25) is 4.79 Å². The van der Waals surface area contributed by atoms with E-state index < -0.39 is 33.7 Å². The normalized spacial score (nSPS) is 20.3. The maximum Gasteiger partial charge on any atom is 0.416 e. The number of carbonyl (C=O) groups excluding carboxylic acids is 1. The first-order chi connectivity index (χ1) is 14.1. The molecule has 0 aliphatic carbocycles. The molecule has 2 aromatic carbocycles. The molecular weight excluding hydrogens is 417 g/mol. The van der Waals surface area contributed by atoms with Crippen molar-refractivity contribution >= 4 is 15.9 Å². The first kappa shape index (κ1) is 22.3. The van der Waals surface area contributed by atoms with E-state index in [1.165, 1.54) is 4.31 Å². The number of sulfonamides is 1. The molecule has 0 unspecified atom stereocenters. The second-order valence-corrected chi connectivity index (χ2v) is 9.39. The number of hydrogen-bond donors (Lipinski definition) is 1. The Bertz CT molecular complexity index is 977. The second kappa shape index (κ2) is 8.77. The standard InChI is InChI=1S/C21H23F3N2O3S/c1-2-12-30(28,29)26-13-18(15-6-4-3-5-7-15)19(14-26)25-20(27)16-8-10-17(11-9-16)21(22,23)24/h3-11,18-19H,2,12-14H2,1H3,(H,25,27)/t18-,19+/m0/s1. The minimum absolute atomic E-state index is 0.0219. The SMILES string of the molecule is CCCS(=O)(=O)N1C[C@@H](NC(=O)c2ccc(C(F)(F)F)cc2)[C@H](c2ccccc2)C1. The third kappa shape index (κ3) is 5.02. The number of benzene rings is 2. The summed E-state index contributed by atoms with van der Waals surface area (Å²) in [5.74, 6) is -0.769. The Labute approximate surface area is 173 Å². The molecule has 0 aromatic heterocycles. The summed E-state index contributed by atoms with van der Waals surface area (Å²) in [5.41, 5.74) is 0.146. The number of alkyl halides is 3. The summed E-state index contributed by atoms with van der Waals surface area (Å²) < 4.78 is 64.7. The van der Waals surface area contributed by atoms with Crippen LogP contribution < -0.4 is 5.32 Å². The first-order valence-corrected chi connectivity index (χ1v) is 11.2. The lowest BCUT2D eigenvalue weighted by Gasteiger charge is -2.20. The van der Waals surface area contributed by atoms with Gasteiger partial charge in [0.1, 0.15) is 0 Å². The van der Waals surface area contributed by atoms with Crippen LogP contribution in [0.2, 0.25) is 0 Å². The average molecular weight is 440 g/mol. The molecule has 9 heteroatoms. The summed E-state index contributed by atoms with van der Waals surface area (Å²) in [6, 6.07) is 12.7. The van der Waals surface area contributed by atoms with Gasteiger partial charge in [-0.25, -0.2) is 8.42 Å². The summed E-state index contributed by atoms with van der Waals surface area (Å²) in [7, 11) is -3.45. The molecule has 0 radical (unpaired) electrons. The van der Waals surface area contributed by atoms with Crippen molar-refractivity contribution in [2.24, 2.45) is 0 Å². The highest BCUT2D eigenvalue weighted by molar-refractivity contribution is 7.89. The lowest BCUT2D eigenvalue weighted by Crippen LogP contribution is -2.40. The second-order valence-electron chi connectivity index (χ2n) is 7.31. The van der Waals surface area contributed by atoms with Crippen LogP contribution in [0.15, 0.2) is 54.6 Å². The molecule has 1 saturated heterocycles. The number of nitrogens with one attached hydrogen (secondary N) is 1. The van der Waals surface area contributed by atoms with Gasteiger partial charge >= 0.3 is 6.18 Å². The van der Waals surface area contributed by atoms with E-state index >= 15 is 0 Å². The molecule has 3 rings (SSSR count). The van der Waals surface area contributed by atoms with Crippen LogP contribution in [0.4, 0.5) is 13.2 Å². The minimum Gasteiger partial charge on any atom is -0.347 e. The minimum atomic E-state index is -4.48. The summed E-state index contributed by atoms with van der Waals surface area (Å²) in [6.07, 6.45) is -4.00. The largest absolute Gasteiger partial charge is 0.416 e. The van der Waals surface area contributed by atoms with E-state index in [1.54, 1.807) is 6.92 Å². The first-order valence-electron chi connectivity index (χ1n) is 9.62. The molecule has 0 saturated carbocycles. The lowest BCUT2D eigenvalue weighted by atomic mass is 9.94. The van der Waals surface area contributed by atoms with Gasteiger partial charge in [0.25, 0.3) is 5.91 Å². The van der Waals surface area contributed by atoms with Crippen molar-refractivity contribution in [3.63, 3.8) is 0 Å². The summed E-state index contributed by atoms with van der Waals surface area (Å²) in [5, 5.41) is 2.82. The van der Waals surface area contributed by atoms with Gasteiger partial charge in [-0.05, 0) is 36.2 Å². The van der Waals surface area contributed by atoms with E-state index in [0.29, 0.717) is 6.42 Å². The van der Waals surface area contributed by atoms with Gasteiger partial charge in [-0.1, -0.05) is 37.3 Å². The van der Waals surface area contributed by atoms with Crippen LogP contribution in [-0.4, -0.2) is 43.5 Å². The monoisotopic (exact) mass is 440 g/mol. The Hall–Kier alpha value is -2.39. The highest BCUT2D eigenvalue weighted by atomic mass is 32.2. The Kier molecular flexibility index (Phi) is 6.52. The molecule has 162 valence electrons. The van der Waals surface area contributed by atoms with Crippen molar-refractivity contribution in [1.29, 1.82) is 0 Å². The number of halogens is 3. The maximum atomic E-state index is 12.7. The predicted octanol–water partition coefficient (Wildman–Crippen LogP) is 3.64. The van der Waals surface area contributed by atoms with Gasteiger partial charge in [0.15, 0.2) is 0 Å². The molecule has 0 spiro atoms. The highest BCUT2D eigenvalue weighted by Crippen LogP contribution is 2.31. The highest BCUT2D eigenvalue weighted by Gasteiger charge is 2.40. The van der Waals surface area contributed by atoms with E-state index in [9.17, 15) is 26.4 Å². The Morgan fingerprint density at radius 2 is 1.70 bits per heavy atom. The van der Waals surface area contributed by atoms with Gasteiger partial charge in [-0.2, -0.15) is 17.5 Å². The van der Waals surface area contributed by atoms with Gasteiger partial charge < -0.3 is 5.32 Å². The number of hydrogen-bond acceptors (Lipinski definition) is 3. The van der Waals surface area contributed by atoms with E-state index in [-0.39, 0.29) is 30.3 Å². The molecule has 2 aromatic rings. The maximum absolute atomic E-state index is 12.7. The zero-order valence-electron chi connectivity index (χ0n) is 16.4. The van der Waals surface area contributed by atoms with Crippen LogP contribution in [0.5, 0.6) is 0 Å². The summed E-state index contributed by atoms with van der Waals surface area (Å²) in [6.45, 7) is 2.14. The van der Waals surface area contributed by atoms with Gasteiger partial charge in [0, 0.05) is 24.6 Å². The van der Waals surface area contributed by atoms with Crippen LogP contribution in [0, 0.1) is 0 Å². The molecule has 30 heavy (non-hydrogen) atoms. The Morgan fingerprint density at radius 3 is 2.27 bits per heavy atom. The summed E-state index contributed by atoms with van der Waals surface area (Å²) in [4.78, 5) is 12.7. The Balaban J connectivity index is 1.81. The predicted molar refractivity (Wildman–Crippen MR) is 108 cm³/mol. The molecule has 5 nitrogen and oxygen atoms in total. The van der Waals surface area contributed by atoms with Crippen molar-refractivity contribution in [3.8, 4) is 0 Å². The van der Waals surface area contributed by atoms with Gasteiger partial charge in [-0.15, -0.1) is 0 Å².